The number of carbonyl (C=O) groups excluding carboxylic acids is 2. The fraction of sp³-hybridized carbons (Fsp3) is 0.500. The van der Waals surface area contributed by atoms with Crippen LogP contribution in [0.1, 0.15) is 12.8 Å². The normalized spacial score (nSPS) is 11.0. The molecule has 0 aliphatic heterocycles. The van der Waals surface area contributed by atoms with E-state index in [9.17, 15) is 24.0 Å². The molecule has 2 aromatic rings. The van der Waals surface area contributed by atoms with Crippen LogP contribution in [0.15, 0.2) is 15.9 Å². The summed E-state index contributed by atoms with van der Waals surface area (Å²) >= 11 is 0.581. The SMILES string of the molecule is COC([CH2][Hg])CNC(=O)NC(=O)CCC(=O)O.Cn1c(=O)c2[nH]cnc2n(C)c1=O.O. The number of ether oxygens (including phenoxy) is 1. The summed E-state index contributed by atoms with van der Waals surface area (Å²) in [6, 6.07) is -0.621. The van der Waals surface area contributed by atoms with Gasteiger partial charge in [0.1, 0.15) is 5.52 Å². The Hall–Kier alpha value is -2.58. The van der Waals surface area contributed by atoms with Crippen LogP contribution < -0.4 is 21.9 Å². The van der Waals surface area contributed by atoms with Gasteiger partial charge in [0.25, 0.3) is 5.56 Å². The van der Waals surface area contributed by atoms with Gasteiger partial charge in [-0.05, 0) is 0 Å². The van der Waals surface area contributed by atoms with Crippen molar-refractivity contribution in [3.8, 4) is 0 Å². The van der Waals surface area contributed by atoms with Crippen LogP contribution in [0.3, 0.4) is 0 Å². The van der Waals surface area contributed by atoms with Gasteiger partial charge in [-0.1, -0.05) is 0 Å². The van der Waals surface area contributed by atoms with Crippen LogP contribution in [0.2, 0.25) is 3.93 Å². The first-order valence-corrected chi connectivity index (χ1v) is 12.7. The van der Waals surface area contributed by atoms with Crippen LogP contribution in [0.4, 0.5) is 4.79 Å². The molecule has 0 fully saturated rings. The van der Waals surface area contributed by atoms with E-state index in [1.54, 1.807) is 14.2 Å². The molecule has 0 radical (unpaired) electrons. The van der Waals surface area contributed by atoms with E-state index in [4.69, 9.17) is 9.84 Å². The molecular weight excluding hydrogens is 605 g/mol. The Morgan fingerprint density at radius 1 is 1.26 bits per heavy atom. The zero-order valence-electron chi connectivity index (χ0n) is 17.4. The molecule has 0 saturated heterocycles. The second kappa shape index (κ2) is 13.7. The summed E-state index contributed by atoms with van der Waals surface area (Å²) in [5, 5.41) is 12.9. The van der Waals surface area contributed by atoms with Crippen molar-refractivity contribution in [2.24, 2.45) is 14.1 Å². The maximum absolute atomic E-state index is 11.4. The number of nitrogens with zero attached hydrogens (tertiary/aromatic N) is 3. The van der Waals surface area contributed by atoms with Crippen molar-refractivity contribution < 1.29 is 55.8 Å². The third-order valence-corrected chi connectivity index (χ3v) is 6.50. The zero-order chi connectivity index (χ0) is 22.8. The molecule has 169 valence electrons. The van der Waals surface area contributed by atoms with Gasteiger partial charge >= 0.3 is 121 Å². The van der Waals surface area contributed by atoms with E-state index in [0.717, 1.165) is 8.50 Å². The molecule has 2 aromatic heterocycles. The van der Waals surface area contributed by atoms with Gasteiger partial charge in [0.05, 0.1) is 6.33 Å². The number of aromatic nitrogens is 4. The third kappa shape index (κ3) is 8.59. The molecule has 2 heterocycles. The van der Waals surface area contributed by atoms with Gasteiger partial charge < -0.3 is 10.5 Å². The van der Waals surface area contributed by atoms with Crippen LogP contribution in [0.25, 0.3) is 11.2 Å². The molecule has 1 atom stereocenters. The second-order valence-electron chi connectivity index (χ2n) is 6.11. The van der Waals surface area contributed by atoms with Crippen LogP contribution in [0.5, 0.6) is 0 Å². The molecule has 2 rings (SSSR count). The van der Waals surface area contributed by atoms with Gasteiger partial charge in [0.15, 0.2) is 5.65 Å². The Kier molecular flexibility index (Phi) is 12.5. The van der Waals surface area contributed by atoms with Gasteiger partial charge in [0, 0.05) is 14.1 Å². The summed E-state index contributed by atoms with van der Waals surface area (Å²) in [7, 11) is 4.57. The van der Waals surface area contributed by atoms with Crippen molar-refractivity contribution in [3.05, 3.63) is 27.2 Å². The van der Waals surface area contributed by atoms with Gasteiger partial charge in [-0.3, -0.25) is 13.9 Å². The number of imide groups is 1. The number of hydrogen-bond donors (Lipinski definition) is 4. The number of nitrogens with one attached hydrogen (secondary N) is 3. The average molecular weight is 630 g/mol. The molecule has 0 aliphatic rings. The number of methoxy groups -OCH3 is 1. The van der Waals surface area contributed by atoms with Gasteiger partial charge in [-0.2, -0.15) is 0 Å². The monoisotopic (exact) mass is 631 g/mol. The maximum Gasteiger partial charge on any atom is 0.332 e. The van der Waals surface area contributed by atoms with Crippen LogP contribution >= 0.6 is 0 Å². The average Bonchev–Trinajstić information content (AvgIpc) is 3.20. The van der Waals surface area contributed by atoms with Crippen LogP contribution in [0, 0.1) is 0 Å². The van der Waals surface area contributed by atoms with Gasteiger partial charge in [0.2, 0.25) is 0 Å². The fourth-order valence-electron chi connectivity index (χ4n) is 2.23. The molecule has 15 heteroatoms. The predicted molar refractivity (Wildman–Crippen MR) is 104 cm³/mol. The van der Waals surface area contributed by atoms with Crippen molar-refractivity contribution in [2.45, 2.75) is 22.9 Å². The number of rotatable bonds is 7. The Balaban J connectivity index is 0.000000576. The van der Waals surface area contributed by atoms with E-state index >= 15 is 0 Å². The van der Waals surface area contributed by atoms with E-state index in [0.29, 0.717) is 43.8 Å². The summed E-state index contributed by atoms with van der Waals surface area (Å²) < 4.78 is 8.38. The molecule has 31 heavy (non-hydrogen) atoms. The number of amides is 3. The Morgan fingerprint density at radius 3 is 2.45 bits per heavy atom. The molecular formula is C16H25HgN6O8. The molecule has 3 amide bonds. The molecule has 0 bridgehead atoms. The first-order chi connectivity index (χ1) is 14.1. The number of carboxylic acid groups (broad SMARTS) is 1. The fourth-order valence-corrected chi connectivity index (χ4v) is 3.94. The summed E-state index contributed by atoms with van der Waals surface area (Å²) in [5.74, 6) is -1.67. The summed E-state index contributed by atoms with van der Waals surface area (Å²) in [6.07, 6.45) is 0.881. The number of aliphatic carboxylic acids is 1. The van der Waals surface area contributed by atoms with E-state index in [-0.39, 0.29) is 35.7 Å². The van der Waals surface area contributed by atoms with E-state index in [2.05, 4.69) is 15.3 Å². The largest absolute Gasteiger partial charge is 0.412 e. The first-order valence-electron chi connectivity index (χ1n) is 8.82. The van der Waals surface area contributed by atoms with Crippen molar-refractivity contribution in [2.75, 3.05) is 13.7 Å². The molecule has 6 N–H and O–H groups in total. The minimum absolute atomic E-state index is 0. The number of aryl methyl sites for hydroxylation is 1. The van der Waals surface area contributed by atoms with Gasteiger partial charge in [-0.15, -0.1) is 0 Å². The Morgan fingerprint density at radius 2 is 1.90 bits per heavy atom. The number of fused-ring (bicyclic) bond motifs is 1. The minimum Gasteiger partial charge on any atom is -0.412 e. The standard InChI is InChI=1S/C9H15N2O5.C7H8N4O2.Hg.H2O/c1-6(16-2)5-10-9(15)11-7(12)3-4-8(13)14;1-10-5-4(8-3-9-5)6(12)11(2)7(10)13;;/h6H,1,3-5H2,2H3,(H,13,14)(H2,10,11,12,15);3H,1-2H3,(H,8,9);;1H2. The van der Waals surface area contributed by atoms with E-state index in [1.165, 1.54) is 17.9 Å². The zero-order valence-corrected chi connectivity index (χ0v) is 22.9. The smallest absolute Gasteiger partial charge is 0.332 e. The maximum atomic E-state index is 11.4. The van der Waals surface area contributed by atoms with Crippen molar-refractivity contribution in [1.29, 1.82) is 0 Å². The molecule has 0 aliphatic carbocycles. The first kappa shape index (κ1) is 28.4. The summed E-state index contributed by atoms with van der Waals surface area (Å²) in [6.45, 7) is 0.345. The summed E-state index contributed by atoms with van der Waals surface area (Å²) in [5.41, 5.74) is 0.0119. The number of urea groups is 1. The molecule has 0 spiro atoms. The number of imidazole rings is 1. The summed E-state index contributed by atoms with van der Waals surface area (Å²) in [4.78, 5) is 61.9. The number of H-pyrrole nitrogens is 1. The number of aromatic amines is 1. The Bertz CT molecular complexity index is 1010. The Labute approximate surface area is 192 Å². The van der Waals surface area contributed by atoms with Crippen molar-refractivity contribution >= 4 is 29.1 Å². The number of carboxylic acids is 1. The molecule has 0 saturated carbocycles. The van der Waals surface area contributed by atoms with E-state index in [1.807, 2.05) is 5.32 Å². The number of carbonyl (C=O) groups is 3. The molecule has 1 unspecified atom stereocenters. The molecule has 0 aromatic carbocycles. The van der Waals surface area contributed by atoms with Crippen LogP contribution in [-0.2, 0) is 54.5 Å². The van der Waals surface area contributed by atoms with Gasteiger partial charge in [-0.25, -0.2) is 9.78 Å². The van der Waals surface area contributed by atoms with Crippen molar-refractivity contribution in [1.82, 2.24) is 29.7 Å². The molecule has 14 nitrogen and oxygen atoms in total. The van der Waals surface area contributed by atoms with Crippen molar-refractivity contribution in [3.63, 3.8) is 0 Å². The third-order valence-electron chi connectivity index (χ3n) is 3.99. The second-order valence-corrected chi connectivity index (χ2v) is 8.35. The van der Waals surface area contributed by atoms with Crippen LogP contribution in [-0.4, -0.2) is 67.4 Å². The quantitative estimate of drug-likeness (QED) is 0.246. The topological polar surface area (TPSA) is 209 Å². The van der Waals surface area contributed by atoms with E-state index < -0.39 is 17.9 Å². The number of hydrogen-bond acceptors (Lipinski definition) is 7. The minimum atomic E-state index is -1.07. The predicted octanol–water partition coefficient (Wildman–Crippen LogP) is -2.21.